The monoisotopic (exact) mass is 685 g/mol. The molecule has 10 nitrogen and oxygen atoms in total. The standard InChI is InChI=1S/C38H72N2O8/c1-7-38(8-2,37(45)46)27-23-19-15-11-13-17-21-25-29-40(6)36(48-33(4)32(3)47-31-30-41)35(44)39(5)28-24-20-16-12-9-10-14-18-22-26-34(42)43/h30,32-33,36H,7-29,31H2,1-6H3,(H,42,43)(H,45,46)/t32-,33-,36?/m1/s1. The average molecular weight is 685 g/mol. The van der Waals surface area contributed by atoms with E-state index in [1.807, 2.05) is 46.7 Å². The lowest BCUT2D eigenvalue weighted by Gasteiger charge is -2.34. The summed E-state index contributed by atoms with van der Waals surface area (Å²) in [5.41, 5.74) is -0.559. The molecule has 48 heavy (non-hydrogen) atoms. The Bertz CT molecular complexity index is 851. The zero-order valence-corrected chi connectivity index (χ0v) is 31.5. The third kappa shape index (κ3) is 21.1. The Kier molecular flexibility index (Phi) is 27.5. The molecule has 0 rings (SSSR count). The van der Waals surface area contributed by atoms with Gasteiger partial charge in [0, 0.05) is 26.6 Å². The molecule has 0 aliphatic heterocycles. The molecule has 0 aliphatic carbocycles. The van der Waals surface area contributed by atoms with Gasteiger partial charge in [0.2, 0.25) is 0 Å². The van der Waals surface area contributed by atoms with E-state index < -0.39 is 23.6 Å². The first-order valence-electron chi connectivity index (χ1n) is 19.1. The van der Waals surface area contributed by atoms with Crippen molar-refractivity contribution < 1.29 is 38.9 Å². The molecule has 1 amide bonds. The molecule has 0 spiro atoms. The number of amides is 1. The first kappa shape index (κ1) is 46.0. The number of carboxylic acids is 2. The van der Waals surface area contributed by atoms with Crippen LogP contribution in [0.1, 0.15) is 163 Å². The van der Waals surface area contributed by atoms with Gasteiger partial charge in [-0.25, -0.2) is 0 Å². The first-order chi connectivity index (χ1) is 22.9. The van der Waals surface area contributed by atoms with Crippen LogP contribution in [0.3, 0.4) is 0 Å². The molecule has 0 aliphatic rings. The Balaban J connectivity index is 4.57. The van der Waals surface area contributed by atoms with E-state index in [0.29, 0.717) is 19.4 Å². The summed E-state index contributed by atoms with van der Waals surface area (Å²) in [7, 11) is 3.78. The maximum Gasteiger partial charge on any atom is 0.309 e. The molecule has 0 aromatic heterocycles. The summed E-state index contributed by atoms with van der Waals surface area (Å²) in [5, 5.41) is 18.3. The van der Waals surface area contributed by atoms with Crippen LogP contribution in [0.4, 0.5) is 0 Å². The molecule has 282 valence electrons. The van der Waals surface area contributed by atoms with Gasteiger partial charge in [-0.2, -0.15) is 0 Å². The molecular formula is C38H72N2O8. The van der Waals surface area contributed by atoms with E-state index in [1.165, 1.54) is 0 Å². The van der Waals surface area contributed by atoms with Crippen LogP contribution < -0.4 is 0 Å². The Labute approximate surface area is 292 Å². The van der Waals surface area contributed by atoms with Crippen LogP contribution in [-0.2, 0) is 28.7 Å². The summed E-state index contributed by atoms with van der Waals surface area (Å²) in [6.07, 6.45) is 19.8. The number of likely N-dealkylation sites (N-methyl/N-ethyl adjacent to an activating group) is 2. The fourth-order valence-corrected chi connectivity index (χ4v) is 6.17. The molecule has 0 bridgehead atoms. The average Bonchev–Trinajstić information content (AvgIpc) is 3.06. The van der Waals surface area contributed by atoms with Gasteiger partial charge in [0.05, 0.1) is 17.6 Å². The number of hydrogen-bond donors (Lipinski definition) is 2. The lowest BCUT2D eigenvalue weighted by molar-refractivity contribution is -0.171. The molecule has 10 heteroatoms. The number of rotatable bonds is 34. The van der Waals surface area contributed by atoms with Crippen LogP contribution in [0.2, 0.25) is 0 Å². The number of carbonyl (C=O) groups excluding carboxylic acids is 2. The zero-order valence-electron chi connectivity index (χ0n) is 31.5. The van der Waals surface area contributed by atoms with E-state index in [2.05, 4.69) is 0 Å². The second-order valence-electron chi connectivity index (χ2n) is 13.8. The summed E-state index contributed by atoms with van der Waals surface area (Å²) >= 11 is 0. The largest absolute Gasteiger partial charge is 0.481 e. The highest BCUT2D eigenvalue weighted by Gasteiger charge is 2.34. The van der Waals surface area contributed by atoms with Crippen molar-refractivity contribution in [2.75, 3.05) is 33.8 Å². The van der Waals surface area contributed by atoms with Crippen LogP contribution in [0.25, 0.3) is 0 Å². The number of hydrogen-bond acceptors (Lipinski definition) is 7. The van der Waals surface area contributed by atoms with Gasteiger partial charge < -0.3 is 29.4 Å². The van der Waals surface area contributed by atoms with Crippen LogP contribution in [0.5, 0.6) is 0 Å². The first-order valence-corrected chi connectivity index (χ1v) is 19.1. The molecule has 0 saturated carbocycles. The van der Waals surface area contributed by atoms with Crippen LogP contribution in [0, 0.1) is 5.41 Å². The molecule has 0 saturated heterocycles. The van der Waals surface area contributed by atoms with Crippen molar-refractivity contribution in [1.29, 1.82) is 0 Å². The van der Waals surface area contributed by atoms with Gasteiger partial charge in [-0.1, -0.05) is 104 Å². The number of aliphatic carboxylic acids is 2. The number of unbranched alkanes of at least 4 members (excludes halogenated alkanes) is 15. The summed E-state index contributed by atoms with van der Waals surface area (Å²) in [6.45, 7) is 9.09. The van der Waals surface area contributed by atoms with E-state index in [9.17, 15) is 24.3 Å². The molecule has 2 N–H and O–H groups in total. The molecule has 0 aromatic carbocycles. The van der Waals surface area contributed by atoms with E-state index in [1.54, 1.807) is 4.90 Å². The minimum absolute atomic E-state index is 0.00542. The van der Waals surface area contributed by atoms with Crippen molar-refractivity contribution >= 4 is 24.1 Å². The maximum atomic E-state index is 13.6. The number of aldehydes is 1. The molecule has 1 unspecified atom stereocenters. The van der Waals surface area contributed by atoms with Crippen molar-refractivity contribution in [3.05, 3.63) is 0 Å². The third-order valence-corrected chi connectivity index (χ3v) is 10.0. The SMILES string of the molecule is CCC(CC)(CCCCCCCCCCN(C)C(O[C@H](C)[C@@H](C)OCC=O)C(=O)N(C)CCCCCCCCCCCC(=O)O)C(=O)O. The smallest absolute Gasteiger partial charge is 0.309 e. The van der Waals surface area contributed by atoms with E-state index >= 15 is 0 Å². The van der Waals surface area contributed by atoms with Gasteiger partial charge in [-0.3, -0.25) is 19.3 Å². The predicted octanol–water partition coefficient (Wildman–Crippen LogP) is 8.10. The molecule has 0 fully saturated rings. The van der Waals surface area contributed by atoms with Gasteiger partial charge in [-0.15, -0.1) is 0 Å². The molecule has 0 aromatic rings. The predicted molar refractivity (Wildman–Crippen MR) is 192 cm³/mol. The zero-order chi connectivity index (χ0) is 36.2. The van der Waals surface area contributed by atoms with E-state index in [4.69, 9.17) is 14.6 Å². The van der Waals surface area contributed by atoms with Crippen molar-refractivity contribution in [3.8, 4) is 0 Å². The molecule has 0 heterocycles. The van der Waals surface area contributed by atoms with Gasteiger partial charge in [0.1, 0.15) is 12.9 Å². The van der Waals surface area contributed by atoms with Crippen molar-refractivity contribution in [1.82, 2.24) is 9.80 Å². The van der Waals surface area contributed by atoms with Crippen LogP contribution in [0.15, 0.2) is 0 Å². The fraction of sp³-hybridized carbons (Fsp3) is 0.895. The second-order valence-corrected chi connectivity index (χ2v) is 13.8. The molecule has 0 radical (unpaired) electrons. The quantitative estimate of drug-likeness (QED) is 0.0392. The van der Waals surface area contributed by atoms with Crippen molar-refractivity contribution in [3.63, 3.8) is 0 Å². The van der Waals surface area contributed by atoms with Gasteiger partial charge >= 0.3 is 11.9 Å². The summed E-state index contributed by atoms with van der Waals surface area (Å²) < 4.78 is 11.8. The van der Waals surface area contributed by atoms with E-state index in [0.717, 1.165) is 128 Å². The fourth-order valence-electron chi connectivity index (χ4n) is 6.17. The Morgan fingerprint density at radius 1 is 0.688 bits per heavy atom. The number of carboxylic acid groups (broad SMARTS) is 2. The molecular weight excluding hydrogens is 612 g/mol. The Morgan fingerprint density at radius 2 is 1.15 bits per heavy atom. The van der Waals surface area contributed by atoms with E-state index in [-0.39, 0.29) is 31.1 Å². The summed E-state index contributed by atoms with van der Waals surface area (Å²) in [4.78, 5) is 50.4. The lowest BCUT2D eigenvalue weighted by Crippen LogP contribution is -2.50. The van der Waals surface area contributed by atoms with Crippen LogP contribution >= 0.6 is 0 Å². The molecule has 3 atom stereocenters. The lowest BCUT2D eigenvalue weighted by atomic mass is 9.78. The topological polar surface area (TPSA) is 134 Å². The van der Waals surface area contributed by atoms with Crippen molar-refractivity contribution in [2.24, 2.45) is 5.41 Å². The number of ether oxygens (including phenoxy) is 2. The highest BCUT2D eigenvalue weighted by atomic mass is 16.6. The van der Waals surface area contributed by atoms with Crippen molar-refractivity contribution in [2.45, 2.75) is 181 Å². The summed E-state index contributed by atoms with van der Waals surface area (Å²) in [6, 6.07) is 0. The number of carbonyl (C=O) groups is 4. The normalized spacial score (nSPS) is 13.7. The number of nitrogens with zero attached hydrogens (tertiary/aromatic N) is 2. The Morgan fingerprint density at radius 3 is 1.60 bits per heavy atom. The highest BCUT2D eigenvalue weighted by molar-refractivity contribution is 5.80. The maximum absolute atomic E-state index is 13.6. The third-order valence-electron chi connectivity index (χ3n) is 10.0. The van der Waals surface area contributed by atoms with Crippen LogP contribution in [-0.4, -0.2) is 96.4 Å². The minimum atomic E-state index is -0.724. The van der Waals surface area contributed by atoms with Gasteiger partial charge in [-0.05, 0) is 59.4 Å². The minimum Gasteiger partial charge on any atom is -0.481 e. The summed E-state index contributed by atoms with van der Waals surface area (Å²) in [5.74, 6) is -1.44. The second kappa shape index (κ2) is 28.8. The van der Waals surface area contributed by atoms with Gasteiger partial charge in [0.15, 0.2) is 6.23 Å². The Hall–Kier alpha value is -2.04. The van der Waals surface area contributed by atoms with Gasteiger partial charge in [0.25, 0.3) is 5.91 Å². The highest BCUT2D eigenvalue weighted by Crippen LogP contribution is 2.33.